The number of thioether (sulfide) groups is 1. The summed E-state index contributed by atoms with van der Waals surface area (Å²) in [6.45, 7) is 0. The third-order valence-electron chi connectivity index (χ3n) is 4.00. The second-order valence-corrected chi connectivity index (χ2v) is 6.82. The molecule has 2 heterocycles. The number of benzene rings is 1. The fraction of sp³-hybridized carbons (Fsp3) is 0.438. The molecule has 2 bridgehead atoms. The van der Waals surface area contributed by atoms with Gasteiger partial charge in [-0.3, -0.25) is 4.79 Å². The van der Waals surface area contributed by atoms with E-state index in [9.17, 15) is 4.79 Å². The van der Waals surface area contributed by atoms with Crippen molar-refractivity contribution in [3.63, 3.8) is 0 Å². The first-order valence-corrected chi connectivity index (χ1v) is 7.47. The van der Waals surface area contributed by atoms with Crippen LogP contribution in [-0.4, -0.2) is 16.3 Å². The number of ketones is 1. The number of Topliss-reactive ketones (excluding diaryl/α,β-unsaturated/α-hetero) is 1. The third kappa shape index (κ3) is 2.20. The van der Waals surface area contributed by atoms with E-state index in [2.05, 4.69) is 17.7 Å². The highest BCUT2D eigenvalue weighted by atomic mass is 32.2. The van der Waals surface area contributed by atoms with Gasteiger partial charge in [-0.1, -0.05) is 18.1 Å². The van der Waals surface area contributed by atoms with E-state index in [1.54, 1.807) is 0 Å². The van der Waals surface area contributed by atoms with Crippen LogP contribution in [0, 0.1) is 18.3 Å². The Hall–Kier alpha value is -1.20. The summed E-state index contributed by atoms with van der Waals surface area (Å²) in [6, 6.07) is 7.47. The molecule has 2 saturated heterocycles. The lowest BCUT2D eigenvalue weighted by atomic mass is 9.90. The summed E-state index contributed by atoms with van der Waals surface area (Å²) in [5.74, 6) is 3.13. The molecule has 0 saturated carbocycles. The van der Waals surface area contributed by atoms with E-state index in [0.717, 1.165) is 34.5 Å². The standard InChI is InChI=1S/C16H16OS/c1-2-11-3-5-12(6-4-11)16(17)13-9-14-7-8-15(10-13)18-14/h1,3-6,13-15H,7-10H2. The molecule has 2 aliphatic heterocycles. The van der Waals surface area contributed by atoms with Crippen LogP contribution in [0.25, 0.3) is 0 Å². The van der Waals surface area contributed by atoms with E-state index >= 15 is 0 Å². The molecule has 2 heteroatoms. The van der Waals surface area contributed by atoms with Gasteiger partial charge in [0.15, 0.2) is 5.78 Å². The second-order valence-electron chi connectivity index (χ2n) is 5.21. The number of hydrogen-bond donors (Lipinski definition) is 0. The van der Waals surface area contributed by atoms with E-state index in [0.29, 0.717) is 5.78 Å². The molecule has 2 atom stereocenters. The number of rotatable bonds is 2. The summed E-state index contributed by atoms with van der Waals surface area (Å²) in [5.41, 5.74) is 1.66. The van der Waals surface area contributed by atoms with Gasteiger partial charge in [0.1, 0.15) is 0 Å². The van der Waals surface area contributed by atoms with Crippen molar-refractivity contribution in [3.8, 4) is 12.3 Å². The SMILES string of the molecule is C#Cc1ccc(C(=O)C2CC3CCC(C2)S3)cc1. The minimum atomic E-state index is 0.237. The van der Waals surface area contributed by atoms with Gasteiger partial charge in [-0.05, 0) is 37.8 Å². The van der Waals surface area contributed by atoms with Crippen LogP contribution >= 0.6 is 11.8 Å². The molecule has 2 fully saturated rings. The minimum absolute atomic E-state index is 0.237. The Kier molecular flexibility index (Phi) is 3.18. The second kappa shape index (κ2) is 4.82. The van der Waals surface area contributed by atoms with E-state index in [1.165, 1.54) is 12.8 Å². The summed E-state index contributed by atoms with van der Waals surface area (Å²) in [6.07, 6.45) is 10.1. The molecule has 2 unspecified atom stereocenters. The summed E-state index contributed by atoms with van der Waals surface area (Å²) >= 11 is 2.10. The molecule has 0 N–H and O–H groups in total. The molecule has 92 valence electrons. The fourth-order valence-corrected chi connectivity index (χ4v) is 4.81. The first-order valence-electron chi connectivity index (χ1n) is 6.52. The van der Waals surface area contributed by atoms with Crippen LogP contribution in [0.3, 0.4) is 0 Å². The molecule has 0 aromatic heterocycles. The quantitative estimate of drug-likeness (QED) is 0.595. The molecular formula is C16H16OS. The zero-order valence-corrected chi connectivity index (χ0v) is 11.1. The monoisotopic (exact) mass is 256 g/mol. The van der Waals surface area contributed by atoms with Crippen molar-refractivity contribution in [2.24, 2.45) is 5.92 Å². The Labute approximate surface area is 112 Å². The topological polar surface area (TPSA) is 17.1 Å². The van der Waals surface area contributed by atoms with Crippen molar-refractivity contribution in [2.45, 2.75) is 36.2 Å². The highest BCUT2D eigenvalue weighted by Gasteiger charge is 2.37. The van der Waals surface area contributed by atoms with Gasteiger partial charge in [-0.15, -0.1) is 6.42 Å². The van der Waals surface area contributed by atoms with Gasteiger partial charge >= 0.3 is 0 Å². The van der Waals surface area contributed by atoms with E-state index in [4.69, 9.17) is 6.42 Å². The normalized spacial score (nSPS) is 29.8. The van der Waals surface area contributed by atoms with Gasteiger partial charge in [0.25, 0.3) is 0 Å². The Morgan fingerprint density at radius 2 is 1.78 bits per heavy atom. The number of terminal acetylenes is 1. The maximum absolute atomic E-state index is 12.5. The van der Waals surface area contributed by atoms with Crippen molar-refractivity contribution in [1.29, 1.82) is 0 Å². The van der Waals surface area contributed by atoms with E-state index in [1.807, 2.05) is 24.3 Å². The van der Waals surface area contributed by atoms with E-state index in [-0.39, 0.29) is 5.92 Å². The van der Waals surface area contributed by atoms with Gasteiger partial charge in [0.2, 0.25) is 0 Å². The van der Waals surface area contributed by atoms with Crippen molar-refractivity contribution in [2.75, 3.05) is 0 Å². The number of hydrogen-bond acceptors (Lipinski definition) is 2. The molecule has 1 aromatic carbocycles. The van der Waals surface area contributed by atoms with Crippen molar-refractivity contribution < 1.29 is 4.79 Å². The lowest BCUT2D eigenvalue weighted by molar-refractivity contribution is 0.0907. The summed E-state index contributed by atoms with van der Waals surface area (Å²) in [5, 5.41) is 1.45. The van der Waals surface area contributed by atoms with Gasteiger partial charge in [-0.2, -0.15) is 11.8 Å². The Morgan fingerprint density at radius 1 is 1.17 bits per heavy atom. The maximum atomic E-state index is 12.5. The average molecular weight is 256 g/mol. The predicted octanol–water partition coefficient (Wildman–Crippen LogP) is 3.52. The van der Waals surface area contributed by atoms with Crippen LogP contribution in [-0.2, 0) is 0 Å². The van der Waals surface area contributed by atoms with Crippen LogP contribution in [0.2, 0.25) is 0 Å². The molecule has 18 heavy (non-hydrogen) atoms. The first-order chi connectivity index (χ1) is 8.76. The molecule has 2 aliphatic rings. The van der Waals surface area contributed by atoms with Crippen molar-refractivity contribution >= 4 is 17.5 Å². The van der Waals surface area contributed by atoms with Gasteiger partial charge in [0.05, 0.1) is 0 Å². The van der Waals surface area contributed by atoms with Crippen molar-refractivity contribution in [3.05, 3.63) is 35.4 Å². The number of carbonyl (C=O) groups excluding carboxylic acids is 1. The maximum Gasteiger partial charge on any atom is 0.166 e. The molecule has 1 nitrogen and oxygen atoms in total. The predicted molar refractivity (Wildman–Crippen MR) is 75.8 cm³/mol. The zero-order valence-electron chi connectivity index (χ0n) is 10.3. The molecule has 0 spiro atoms. The largest absolute Gasteiger partial charge is 0.294 e. The summed E-state index contributed by atoms with van der Waals surface area (Å²) < 4.78 is 0. The van der Waals surface area contributed by atoms with Crippen LogP contribution in [0.4, 0.5) is 0 Å². The summed E-state index contributed by atoms with van der Waals surface area (Å²) in [7, 11) is 0. The molecule has 0 radical (unpaired) electrons. The van der Waals surface area contributed by atoms with E-state index < -0.39 is 0 Å². The smallest absolute Gasteiger partial charge is 0.166 e. The lowest BCUT2D eigenvalue weighted by Gasteiger charge is -2.26. The Bertz CT molecular complexity index is 485. The molecule has 0 amide bonds. The Morgan fingerprint density at radius 3 is 2.33 bits per heavy atom. The van der Waals surface area contributed by atoms with Crippen LogP contribution in [0.5, 0.6) is 0 Å². The zero-order chi connectivity index (χ0) is 12.5. The van der Waals surface area contributed by atoms with Gasteiger partial charge in [-0.25, -0.2) is 0 Å². The van der Waals surface area contributed by atoms with Crippen LogP contribution in [0.15, 0.2) is 24.3 Å². The number of carbonyl (C=O) groups is 1. The Balaban J connectivity index is 1.76. The minimum Gasteiger partial charge on any atom is -0.294 e. The third-order valence-corrected chi connectivity index (χ3v) is 5.62. The van der Waals surface area contributed by atoms with Gasteiger partial charge < -0.3 is 0 Å². The molecule has 0 aliphatic carbocycles. The van der Waals surface area contributed by atoms with Crippen LogP contribution < -0.4 is 0 Å². The highest BCUT2D eigenvalue weighted by Crippen LogP contribution is 2.46. The average Bonchev–Trinajstić information content (AvgIpc) is 2.77. The fourth-order valence-electron chi connectivity index (χ4n) is 3.04. The first kappa shape index (κ1) is 11.9. The van der Waals surface area contributed by atoms with Crippen LogP contribution in [0.1, 0.15) is 41.6 Å². The lowest BCUT2D eigenvalue weighted by Crippen LogP contribution is -2.24. The number of fused-ring (bicyclic) bond motifs is 2. The molecule has 1 aromatic rings. The molecular weight excluding hydrogens is 240 g/mol. The molecule has 3 rings (SSSR count). The summed E-state index contributed by atoms with van der Waals surface area (Å²) in [4.78, 5) is 12.5. The van der Waals surface area contributed by atoms with Gasteiger partial charge in [0, 0.05) is 27.5 Å². The van der Waals surface area contributed by atoms with Crippen molar-refractivity contribution in [1.82, 2.24) is 0 Å². The highest BCUT2D eigenvalue weighted by molar-refractivity contribution is 8.00.